The number of aryl methyl sites for hydroxylation is 1. The zero-order valence-corrected chi connectivity index (χ0v) is 12.8. The molecule has 0 bridgehead atoms. The van der Waals surface area contributed by atoms with Gasteiger partial charge in [0.25, 0.3) is 0 Å². The van der Waals surface area contributed by atoms with Gasteiger partial charge in [-0.15, -0.1) is 0 Å². The van der Waals surface area contributed by atoms with E-state index in [1.54, 1.807) is 6.07 Å². The summed E-state index contributed by atoms with van der Waals surface area (Å²) in [5.74, 6) is 0.619. The van der Waals surface area contributed by atoms with Gasteiger partial charge in [0, 0.05) is 24.7 Å². The second-order valence-electron chi connectivity index (χ2n) is 4.77. The molecule has 2 rings (SSSR count). The van der Waals surface area contributed by atoms with Gasteiger partial charge in [-0.1, -0.05) is 31.2 Å². The predicted molar refractivity (Wildman–Crippen MR) is 85.1 cm³/mol. The molecule has 0 amide bonds. The van der Waals surface area contributed by atoms with Crippen LogP contribution in [0.25, 0.3) is 11.3 Å². The van der Waals surface area contributed by atoms with Crippen molar-refractivity contribution in [3.63, 3.8) is 0 Å². The SMILES string of the molecule is CCc1ccc(-c2cc(C#N)nc(N(CC)CC)n2)cc1. The van der Waals surface area contributed by atoms with Gasteiger partial charge in [-0.2, -0.15) is 5.26 Å². The zero-order chi connectivity index (χ0) is 15.2. The molecular weight excluding hydrogens is 260 g/mol. The second kappa shape index (κ2) is 6.85. The number of aromatic nitrogens is 2. The van der Waals surface area contributed by atoms with Gasteiger partial charge >= 0.3 is 0 Å². The quantitative estimate of drug-likeness (QED) is 0.842. The maximum absolute atomic E-state index is 9.18. The second-order valence-corrected chi connectivity index (χ2v) is 4.77. The Morgan fingerprint density at radius 3 is 2.24 bits per heavy atom. The third kappa shape index (κ3) is 3.38. The highest BCUT2D eigenvalue weighted by Crippen LogP contribution is 2.21. The summed E-state index contributed by atoms with van der Waals surface area (Å²) >= 11 is 0. The molecule has 0 saturated heterocycles. The van der Waals surface area contributed by atoms with Crippen molar-refractivity contribution < 1.29 is 0 Å². The van der Waals surface area contributed by atoms with E-state index in [0.29, 0.717) is 11.6 Å². The molecule has 0 aliphatic rings. The normalized spacial score (nSPS) is 10.2. The van der Waals surface area contributed by atoms with Gasteiger partial charge < -0.3 is 4.90 Å². The van der Waals surface area contributed by atoms with Crippen molar-refractivity contribution in [3.05, 3.63) is 41.6 Å². The Hall–Kier alpha value is -2.41. The lowest BCUT2D eigenvalue weighted by Gasteiger charge is -2.19. The van der Waals surface area contributed by atoms with E-state index in [1.165, 1.54) is 5.56 Å². The number of benzene rings is 1. The fraction of sp³-hybridized carbons (Fsp3) is 0.353. The molecule has 108 valence electrons. The summed E-state index contributed by atoms with van der Waals surface area (Å²) in [5.41, 5.74) is 3.50. The van der Waals surface area contributed by atoms with E-state index in [9.17, 15) is 5.26 Å². The summed E-state index contributed by atoms with van der Waals surface area (Å²) in [5, 5.41) is 9.18. The average Bonchev–Trinajstić information content (AvgIpc) is 2.55. The Morgan fingerprint density at radius 1 is 1.05 bits per heavy atom. The largest absolute Gasteiger partial charge is 0.341 e. The molecule has 0 aliphatic heterocycles. The summed E-state index contributed by atoms with van der Waals surface area (Å²) in [7, 11) is 0. The van der Waals surface area contributed by atoms with Gasteiger partial charge in [0.2, 0.25) is 5.95 Å². The minimum atomic E-state index is 0.404. The molecule has 0 atom stereocenters. The van der Waals surface area contributed by atoms with E-state index in [0.717, 1.165) is 30.8 Å². The van der Waals surface area contributed by atoms with E-state index in [1.807, 2.05) is 17.0 Å². The van der Waals surface area contributed by atoms with Crippen LogP contribution in [0.15, 0.2) is 30.3 Å². The highest BCUT2D eigenvalue weighted by Gasteiger charge is 2.10. The lowest BCUT2D eigenvalue weighted by molar-refractivity contribution is 0.820. The summed E-state index contributed by atoms with van der Waals surface area (Å²) < 4.78 is 0. The molecule has 4 nitrogen and oxygen atoms in total. The minimum Gasteiger partial charge on any atom is -0.341 e. The predicted octanol–water partition coefficient (Wildman–Crippen LogP) is 3.42. The van der Waals surface area contributed by atoms with Crippen LogP contribution in [0, 0.1) is 11.3 Å². The zero-order valence-electron chi connectivity index (χ0n) is 12.8. The van der Waals surface area contributed by atoms with Gasteiger partial charge in [0.1, 0.15) is 11.8 Å². The highest BCUT2D eigenvalue weighted by molar-refractivity contribution is 5.62. The van der Waals surface area contributed by atoms with Crippen molar-refractivity contribution in [3.8, 4) is 17.3 Å². The van der Waals surface area contributed by atoms with Crippen LogP contribution in [0.4, 0.5) is 5.95 Å². The number of hydrogen-bond donors (Lipinski definition) is 0. The topological polar surface area (TPSA) is 52.8 Å². The van der Waals surface area contributed by atoms with Crippen molar-refractivity contribution in [1.29, 1.82) is 5.26 Å². The maximum atomic E-state index is 9.18. The molecule has 1 heterocycles. The summed E-state index contributed by atoms with van der Waals surface area (Å²) in [6.45, 7) is 7.88. The van der Waals surface area contributed by atoms with E-state index in [-0.39, 0.29) is 0 Å². The van der Waals surface area contributed by atoms with Gasteiger partial charge in [0.15, 0.2) is 0 Å². The van der Waals surface area contributed by atoms with E-state index in [4.69, 9.17) is 0 Å². The third-order valence-electron chi connectivity index (χ3n) is 3.53. The first-order valence-corrected chi connectivity index (χ1v) is 7.35. The van der Waals surface area contributed by atoms with Gasteiger partial charge in [-0.25, -0.2) is 9.97 Å². The van der Waals surface area contributed by atoms with Crippen LogP contribution < -0.4 is 4.90 Å². The molecule has 2 aromatic rings. The van der Waals surface area contributed by atoms with Gasteiger partial charge in [0.05, 0.1) is 5.69 Å². The summed E-state index contributed by atoms with van der Waals surface area (Å²) in [4.78, 5) is 11.0. The molecular formula is C17H20N4. The molecule has 0 unspecified atom stereocenters. The van der Waals surface area contributed by atoms with E-state index in [2.05, 4.69) is 48.9 Å². The molecule has 1 aromatic carbocycles. The van der Waals surface area contributed by atoms with Gasteiger partial charge in [-0.05, 0) is 25.8 Å². The van der Waals surface area contributed by atoms with Crippen molar-refractivity contribution in [2.75, 3.05) is 18.0 Å². The van der Waals surface area contributed by atoms with Crippen molar-refractivity contribution in [1.82, 2.24) is 9.97 Å². The fourth-order valence-electron chi connectivity index (χ4n) is 2.20. The first-order chi connectivity index (χ1) is 10.2. The molecule has 21 heavy (non-hydrogen) atoms. The van der Waals surface area contributed by atoms with Crippen molar-refractivity contribution in [2.24, 2.45) is 0 Å². The first-order valence-electron chi connectivity index (χ1n) is 7.35. The minimum absolute atomic E-state index is 0.404. The van der Waals surface area contributed by atoms with Gasteiger partial charge in [-0.3, -0.25) is 0 Å². The van der Waals surface area contributed by atoms with Crippen LogP contribution in [0.3, 0.4) is 0 Å². The molecule has 0 spiro atoms. The first kappa shape index (κ1) is 15.0. The number of rotatable bonds is 5. The summed E-state index contributed by atoms with van der Waals surface area (Å²) in [6, 6.07) is 12.2. The molecule has 0 N–H and O–H groups in total. The molecule has 1 aromatic heterocycles. The highest BCUT2D eigenvalue weighted by atomic mass is 15.2. The Balaban J connectivity index is 2.47. The molecule has 0 saturated carbocycles. The molecule has 0 radical (unpaired) electrons. The van der Waals surface area contributed by atoms with Crippen molar-refractivity contribution in [2.45, 2.75) is 27.2 Å². The molecule has 0 aliphatic carbocycles. The molecule has 4 heteroatoms. The lowest BCUT2D eigenvalue weighted by Crippen LogP contribution is -2.24. The maximum Gasteiger partial charge on any atom is 0.227 e. The number of hydrogen-bond acceptors (Lipinski definition) is 4. The Labute approximate surface area is 126 Å². The van der Waals surface area contributed by atoms with Crippen LogP contribution in [-0.4, -0.2) is 23.1 Å². The number of nitriles is 1. The summed E-state index contributed by atoms with van der Waals surface area (Å²) in [6.07, 6.45) is 1.01. The smallest absolute Gasteiger partial charge is 0.227 e. The van der Waals surface area contributed by atoms with Crippen LogP contribution >= 0.6 is 0 Å². The Bertz CT molecular complexity index is 637. The van der Waals surface area contributed by atoms with Crippen molar-refractivity contribution >= 4 is 5.95 Å². The number of anilines is 1. The van der Waals surface area contributed by atoms with Crippen LogP contribution in [0.5, 0.6) is 0 Å². The Morgan fingerprint density at radius 2 is 1.71 bits per heavy atom. The third-order valence-corrected chi connectivity index (χ3v) is 3.53. The average molecular weight is 280 g/mol. The Kier molecular flexibility index (Phi) is 4.89. The standard InChI is InChI=1S/C17H20N4/c1-4-13-7-9-14(10-8-13)16-11-15(12-18)19-17(20-16)21(5-2)6-3/h7-11H,4-6H2,1-3H3. The number of nitrogens with zero attached hydrogens (tertiary/aromatic N) is 4. The lowest BCUT2D eigenvalue weighted by atomic mass is 10.1. The fourth-order valence-corrected chi connectivity index (χ4v) is 2.20. The van der Waals surface area contributed by atoms with Crippen LogP contribution in [0.2, 0.25) is 0 Å². The van der Waals surface area contributed by atoms with Crippen LogP contribution in [-0.2, 0) is 6.42 Å². The van der Waals surface area contributed by atoms with E-state index >= 15 is 0 Å². The van der Waals surface area contributed by atoms with Crippen LogP contribution in [0.1, 0.15) is 32.0 Å². The molecule has 0 fully saturated rings. The van der Waals surface area contributed by atoms with E-state index < -0.39 is 0 Å². The monoisotopic (exact) mass is 280 g/mol.